The lowest BCUT2D eigenvalue weighted by molar-refractivity contribution is 0.0626. The zero-order valence-corrected chi connectivity index (χ0v) is 8.77. The van der Waals surface area contributed by atoms with Crippen LogP contribution in [0.1, 0.15) is 25.7 Å². The van der Waals surface area contributed by atoms with Crippen molar-refractivity contribution in [3.05, 3.63) is 0 Å². The van der Waals surface area contributed by atoms with Crippen molar-refractivity contribution in [2.24, 2.45) is 0 Å². The number of sulfonamides is 1. The lowest BCUT2D eigenvalue weighted by atomic mass is 10.3. The summed E-state index contributed by atoms with van der Waals surface area (Å²) in [6.45, 7) is 0.868. The zero-order chi connectivity index (χ0) is 9.73. The molecular weight excluding hydrogens is 190 g/mol. The van der Waals surface area contributed by atoms with Gasteiger partial charge in [0.1, 0.15) is 0 Å². The molecule has 0 saturated heterocycles. The molecule has 1 aliphatic carbocycles. The van der Waals surface area contributed by atoms with Gasteiger partial charge in [-0.1, -0.05) is 12.8 Å². The van der Waals surface area contributed by atoms with Gasteiger partial charge in [0.15, 0.2) is 0 Å². The summed E-state index contributed by atoms with van der Waals surface area (Å²) < 4.78 is 29.2. The van der Waals surface area contributed by atoms with Gasteiger partial charge in [0, 0.05) is 6.54 Å². The summed E-state index contributed by atoms with van der Waals surface area (Å²) in [7, 11) is -3.05. The smallest absolute Gasteiger partial charge is 0.208 e. The first kappa shape index (κ1) is 10.9. The Labute approximate surface area is 79.7 Å². The van der Waals surface area contributed by atoms with Gasteiger partial charge in [-0.2, -0.15) is 0 Å². The largest absolute Gasteiger partial charge is 0.377 e. The van der Waals surface area contributed by atoms with Gasteiger partial charge in [0.05, 0.1) is 19.0 Å². The Bertz CT molecular complexity index is 232. The first-order valence-electron chi connectivity index (χ1n) is 4.64. The maximum absolute atomic E-state index is 10.7. The fraction of sp³-hybridized carbons (Fsp3) is 1.00. The normalized spacial score (nSPS) is 19.5. The van der Waals surface area contributed by atoms with Gasteiger partial charge < -0.3 is 4.74 Å². The summed E-state index contributed by atoms with van der Waals surface area (Å²) >= 11 is 0. The molecule has 1 fully saturated rings. The lowest BCUT2D eigenvalue weighted by Gasteiger charge is -2.10. The van der Waals surface area contributed by atoms with E-state index in [2.05, 4.69) is 4.72 Å². The van der Waals surface area contributed by atoms with Gasteiger partial charge in [-0.3, -0.25) is 0 Å². The SMILES string of the molecule is CS(=O)(=O)NCCOC1CCCC1. The standard InChI is InChI=1S/C8H17NO3S/c1-13(10,11)9-6-7-12-8-4-2-3-5-8/h8-9H,2-7H2,1H3. The Kier molecular flexibility index (Phi) is 4.15. The van der Waals surface area contributed by atoms with Crippen LogP contribution in [0.5, 0.6) is 0 Å². The summed E-state index contributed by atoms with van der Waals surface area (Å²) in [6, 6.07) is 0. The number of nitrogens with one attached hydrogen (secondary N) is 1. The molecule has 0 aliphatic heterocycles. The second-order valence-electron chi connectivity index (χ2n) is 3.44. The summed E-state index contributed by atoms with van der Waals surface area (Å²) in [5, 5.41) is 0. The summed E-state index contributed by atoms with van der Waals surface area (Å²) in [5.74, 6) is 0. The average Bonchev–Trinajstić information content (AvgIpc) is 2.48. The van der Waals surface area contributed by atoms with E-state index in [0.29, 0.717) is 19.3 Å². The molecule has 0 amide bonds. The minimum Gasteiger partial charge on any atom is -0.377 e. The van der Waals surface area contributed by atoms with E-state index in [9.17, 15) is 8.42 Å². The Morgan fingerprint density at radius 3 is 2.54 bits per heavy atom. The van der Waals surface area contributed by atoms with E-state index in [1.165, 1.54) is 12.8 Å². The van der Waals surface area contributed by atoms with E-state index >= 15 is 0 Å². The number of hydrogen-bond donors (Lipinski definition) is 1. The quantitative estimate of drug-likeness (QED) is 0.668. The van der Waals surface area contributed by atoms with Crippen LogP contribution < -0.4 is 4.72 Å². The van der Waals surface area contributed by atoms with Gasteiger partial charge in [-0.15, -0.1) is 0 Å². The Morgan fingerprint density at radius 1 is 1.38 bits per heavy atom. The highest BCUT2D eigenvalue weighted by Crippen LogP contribution is 2.20. The van der Waals surface area contributed by atoms with Crippen molar-refractivity contribution in [1.29, 1.82) is 0 Å². The fourth-order valence-corrected chi connectivity index (χ4v) is 1.96. The molecular formula is C8H17NO3S. The van der Waals surface area contributed by atoms with Gasteiger partial charge in [0.2, 0.25) is 10.0 Å². The molecule has 1 rings (SSSR count). The molecule has 5 heteroatoms. The molecule has 0 aromatic heterocycles. The molecule has 1 saturated carbocycles. The monoisotopic (exact) mass is 207 g/mol. The van der Waals surface area contributed by atoms with Crippen LogP contribution >= 0.6 is 0 Å². The molecule has 1 aliphatic rings. The molecule has 4 nitrogen and oxygen atoms in total. The van der Waals surface area contributed by atoms with E-state index in [0.717, 1.165) is 19.1 Å². The molecule has 0 atom stereocenters. The molecule has 13 heavy (non-hydrogen) atoms. The second-order valence-corrected chi connectivity index (χ2v) is 5.28. The number of hydrogen-bond acceptors (Lipinski definition) is 3. The third kappa shape index (κ3) is 5.23. The zero-order valence-electron chi connectivity index (χ0n) is 7.95. The highest BCUT2D eigenvalue weighted by molar-refractivity contribution is 7.88. The first-order valence-corrected chi connectivity index (χ1v) is 6.53. The fourth-order valence-electron chi connectivity index (χ4n) is 1.51. The highest BCUT2D eigenvalue weighted by Gasteiger charge is 2.14. The highest BCUT2D eigenvalue weighted by atomic mass is 32.2. The van der Waals surface area contributed by atoms with Crippen molar-refractivity contribution in [2.75, 3.05) is 19.4 Å². The molecule has 0 unspecified atom stereocenters. The predicted molar refractivity (Wildman–Crippen MR) is 51.1 cm³/mol. The van der Waals surface area contributed by atoms with Gasteiger partial charge >= 0.3 is 0 Å². The van der Waals surface area contributed by atoms with Crippen molar-refractivity contribution < 1.29 is 13.2 Å². The Hall–Kier alpha value is -0.130. The molecule has 1 N–H and O–H groups in total. The second kappa shape index (κ2) is 4.93. The molecule has 0 spiro atoms. The van der Waals surface area contributed by atoms with Crippen LogP contribution in [-0.4, -0.2) is 33.9 Å². The maximum atomic E-state index is 10.7. The van der Waals surface area contributed by atoms with Gasteiger partial charge in [-0.25, -0.2) is 13.1 Å². The van der Waals surface area contributed by atoms with Crippen molar-refractivity contribution >= 4 is 10.0 Å². The summed E-state index contributed by atoms with van der Waals surface area (Å²) in [6.07, 6.45) is 6.25. The molecule has 0 radical (unpaired) electrons. The number of rotatable bonds is 5. The average molecular weight is 207 g/mol. The van der Waals surface area contributed by atoms with E-state index in [1.807, 2.05) is 0 Å². The van der Waals surface area contributed by atoms with Crippen molar-refractivity contribution in [3.8, 4) is 0 Å². The van der Waals surface area contributed by atoms with Crippen molar-refractivity contribution in [1.82, 2.24) is 4.72 Å². The lowest BCUT2D eigenvalue weighted by Crippen LogP contribution is -2.27. The van der Waals surface area contributed by atoms with Crippen LogP contribution in [0.2, 0.25) is 0 Å². The minimum absolute atomic E-state index is 0.362. The van der Waals surface area contributed by atoms with Crippen LogP contribution in [0.25, 0.3) is 0 Å². The van der Waals surface area contributed by atoms with Crippen LogP contribution in [0.4, 0.5) is 0 Å². The van der Waals surface area contributed by atoms with E-state index in [-0.39, 0.29) is 0 Å². The molecule has 78 valence electrons. The van der Waals surface area contributed by atoms with E-state index in [1.54, 1.807) is 0 Å². The molecule has 0 heterocycles. The van der Waals surface area contributed by atoms with Crippen LogP contribution in [0, 0.1) is 0 Å². The van der Waals surface area contributed by atoms with Crippen LogP contribution in [0.15, 0.2) is 0 Å². The van der Waals surface area contributed by atoms with E-state index < -0.39 is 10.0 Å². The minimum atomic E-state index is -3.05. The van der Waals surface area contributed by atoms with Crippen molar-refractivity contribution in [3.63, 3.8) is 0 Å². The van der Waals surface area contributed by atoms with Crippen LogP contribution in [0.3, 0.4) is 0 Å². The van der Waals surface area contributed by atoms with Crippen molar-refractivity contribution in [2.45, 2.75) is 31.8 Å². The molecule has 0 aromatic carbocycles. The molecule has 0 bridgehead atoms. The Morgan fingerprint density at radius 2 is 2.00 bits per heavy atom. The predicted octanol–water partition coefficient (Wildman–Crippen LogP) is 0.495. The third-order valence-electron chi connectivity index (χ3n) is 2.12. The summed E-state index contributed by atoms with van der Waals surface area (Å²) in [5.41, 5.74) is 0. The van der Waals surface area contributed by atoms with Crippen LogP contribution in [-0.2, 0) is 14.8 Å². The number of ether oxygens (including phenoxy) is 1. The molecule has 0 aromatic rings. The Balaban J connectivity index is 2.01. The maximum Gasteiger partial charge on any atom is 0.208 e. The van der Waals surface area contributed by atoms with Gasteiger partial charge in [0.25, 0.3) is 0 Å². The van der Waals surface area contributed by atoms with E-state index in [4.69, 9.17) is 4.74 Å². The third-order valence-corrected chi connectivity index (χ3v) is 2.85. The topological polar surface area (TPSA) is 55.4 Å². The first-order chi connectivity index (χ1) is 6.08. The summed E-state index contributed by atoms with van der Waals surface area (Å²) in [4.78, 5) is 0. The van der Waals surface area contributed by atoms with Gasteiger partial charge in [-0.05, 0) is 12.8 Å².